The van der Waals surface area contributed by atoms with Crippen LogP contribution in [0.2, 0.25) is 0 Å². The number of fused-ring (bicyclic) bond motifs is 2. The van der Waals surface area contributed by atoms with Gasteiger partial charge in [-0.25, -0.2) is 4.79 Å². The molecule has 0 radical (unpaired) electrons. The van der Waals surface area contributed by atoms with Gasteiger partial charge in [0.25, 0.3) is 0 Å². The SMILES string of the molecule is O=C(O)c1cc2c(s1)C1(CCN(C(=O)CCCCc3cccnc3)CC1)OCC2. The highest BCUT2D eigenvalue weighted by Gasteiger charge is 2.43. The van der Waals surface area contributed by atoms with Crippen molar-refractivity contribution in [3.63, 3.8) is 0 Å². The molecule has 29 heavy (non-hydrogen) atoms. The predicted molar refractivity (Wildman–Crippen MR) is 110 cm³/mol. The number of aromatic carboxylic acids is 1. The van der Waals surface area contributed by atoms with Gasteiger partial charge in [-0.3, -0.25) is 9.78 Å². The van der Waals surface area contributed by atoms with Crippen molar-refractivity contribution < 1.29 is 19.4 Å². The van der Waals surface area contributed by atoms with Gasteiger partial charge in [-0.2, -0.15) is 0 Å². The zero-order valence-electron chi connectivity index (χ0n) is 16.4. The molecule has 0 bridgehead atoms. The second kappa shape index (κ2) is 8.63. The summed E-state index contributed by atoms with van der Waals surface area (Å²) in [6.45, 7) is 1.95. The van der Waals surface area contributed by atoms with E-state index in [2.05, 4.69) is 11.1 Å². The van der Waals surface area contributed by atoms with Crippen LogP contribution < -0.4 is 0 Å². The minimum Gasteiger partial charge on any atom is -0.477 e. The first-order valence-electron chi connectivity index (χ1n) is 10.2. The fourth-order valence-corrected chi connectivity index (χ4v) is 5.58. The van der Waals surface area contributed by atoms with Gasteiger partial charge in [-0.15, -0.1) is 11.3 Å². The molecule has 0 aromatic carbocycles. The van der Waals surface area contributed by atoms with E-state index in [0.29, 0.717) is 31.0 Å². The first kappa shape index (κ1) is 20.0. The number of aryl methyl sites for hydroxylation is 1. The van der Waals surface area contributed by atoms with Crippen molar-refractivity contribution in [3.8, 4) is 0 Å². The van der Waals surface area contributed by atoms with E-state index in [9.17, 15) is 14.7 Å². The van der Waals surface area contributed by atoms with Crippen LogP contribution in [-0.4, -0.2) is 46.6 Å². The van der Waals surface area contributed by atoms with Crippen LogP contribution in [0.15, 0.2) is 30.6 Å². The number of piperidine rings is 1. The number of rotatable bonds is 6. The summed E-state index contributed by atoms with van der Waals surface area (Å²) in [5, 5.41) is 9.32. The molecule has 2 aliphatic heterocycles. The van der Waals surface area contributed by atoms with Gasteiger partial charge in [-0.05, 0) is 61.8 Å². The number of unbranched alkanes of at least 4 members (excludes halogenated alkanes) is 1. The number of ether oxygens (including phenoxy) is 1. The standard InChI is InChI=1S/C22H26N2O4S/c25-19(6-2-1-4-16-5-3-10-23-15-16)24-11-8-22(9-12-24)20-17(7-13-28-22)14-18(29-20)21(26)27/h3,5,10,14-15H,1-2,4,6-9,11-13H2,(H,26,27). The highest BCUT2D eigenvalue weighted by atomic mass is 32.1. The summed E-state index contributed by atoms with van der Waals surface area (Å²) in [5.74, 6) is -0.669. The van der Waals surface area contributed by atoms with E-state index in [1.165, 1.54) is 16.9 Å². The van der Waals surface area contributed by atoms with Crippen molar-refractivity contribution in [1.29, 1.82) is 0 Å². The molecule has 1 N–H and O–H groups in total. The molecule has 2 aromatic rings. The number of thiophene rings is 1. The molecule has 0 atom stereocenters. The van der Waals surface area contributed by atoms with Crippen molar-refractivity contribution in [1.82, 2.24) is 9.88 Å². The Labute approximate surface area is 174 Å². The molecule has 4 rings (SSSR count). The topological polar surface area (TPSA) is 79.7 Å². The van der Waals surface area contributed by atoms with Gasteiger partial charge in [-0.1, -0.05) is 6.07 Å². The maximum Gasteiger partial charge on any atom is 0.345 e. The minimum absolute atomic E-state index is 0.208. The molecule has 1 saturated heterocycles. The van der Waals surface area contributed by atoms with Crippen molar-refractivity contribution >= 4 is 23.2 Å². The number of likely N-dealkylation sites (tertiary alicyclic amines) is 1. The van der Waals surface area contributed by atoms with Crippen LogP contribution in [-0.2, 0) is 28.0 Å². The third-order valence-corrected chi connectivity index (χ3v) is 7.29. The summed E-state index contributed by atoms with van der Waals surface area (Å²) in [7, 11) is 0. The van der Waals surface area contributed by atoms with E-state index in [1.807, 2.05) is 17.2 Å². The molecular formula is C22H26N2O4S. The summed E-state index contributed by atoms with van der Waals surface area (Å²) >= 11 is 1.34. The fourth-order valence-electron chi connectivity index (χ4n) is 4.33. The van der Waals surface area contributed by atoms with Gasteiger partial charge >= 0.3 is 5.97 Å². The lowest BCUT2D eigenvalue weighted by Gasteiger charge is -2.43. The lowest BCUT2D eigenvalue weighted by atomic mass is 9.85. The Balaban J connectivity index is 1.29. The number of carbonyl (C=O) groups excluding carboxylic acids is 1. The average Bonchev–Trinajstić information content (AvgIpc) is 3.19. The van der Waals surface area contributed by atoms with Crippen LogP contribution in [0.4, 0.5) is 0 Å². The first-order chi connectivity index (χ1) is 14.1. The van der Waals surface area contributed by atoms with Crippen molar-refractivity contribution in [2.24, 2.45) is 0 Å². The predicted octanol–water partition coefficient (Wildman–Crippen LogP) is 3.64. The Morgan fingerprint density at radius 1 is 1.28 bits per heavy atom. The first-order valence-corrected chi connectivity index (χ1v) is 11.1. The number of carboxylic acid groups (broad SMARTS) is 1. The third kappa shape index (κ3) is 4.36. The van der Waals surface area contributed by atoms with Crippen LogP contribution in [0.3, 0.4) is 0 Å². The van der Waals surface area contributed by atoms with Gasteiger partial charge in [0.15, 0.2) is 0 Å². The summed E-state index contributed by atoms with van der Waals surface area (Å²) in [4.78, 5) is 31.5. The van der Waals surface area contributed by atoms with Crippen LogP contribution >= 0.6 is 11.3 Å². The Morgan fingerprint density at radius 3 is 2.83 bits per heavy atom. The van der Waals surface area contributed by atoms with Gasteiger partial charge in [0, 0.05) is 36.8 Å². The molecular weight excluding hydrogens is 388 g/mol. The van der Waals surface area contributed by atoms with Crippen LogP contribution in [0.5, 0.6) is 0 Å². The summed E-state index contributed by atoms with van der Waals surface area (Å²) < 4.78 is 6.18. The van der Waals surface area contributed by atoms with Gasteiger partial charge in [0.2, 0.25) is 5.91 Å². The number of carboxylic acids is 1. The largest absolute Gasteiger partial charge is 0.477 e. The zero-order valence-corrected chi connectivity index (χ0v) is 17.2. The number of nitrogens with zero attached hydrogens (tertiary/aromatic N) is 2. The molecule has 1 amide bonds. The lowest BCUT2D eigenvalue weighted by molar-refractivity contribution is -0.140. The molecule has 154 valence electrons. The number of amides is 1. The maximum atomic E-state index is 12.6. The van der Waals surface area contributed by atoms with Crippen molar-refractivity contribution in [2.75, 3.05) is 19.7 Å². The smallest absolute Gasteiger partial charge is 0.345 e. The molecule has 1 fully saturated rings. The zero-order chi connectivity index (χ0) is 20.3. The van der Waals surface area contributed by atoms with E-state index in [0.717, 1.165) is 49.0 Å². The van der Waals surface area contributed by atoms with E-state index in [4.69, 9.17) is 4.74 Å². The van der Waals surface area contributed by atoms with Crippen LogP contribution in [0, 0.1) is 0 Å². The number of carbonyl (C=O) groups is 2. The molecule has 2 aliphatic rings. The Hall–Kier alpha value is -2.25. The second-order valence-electron chi connectivity index (χ2n) is 7.81. The number of hydrogen-bond donors (Lipinski definition) is 1. The highest BCUT2D eigenvalue weighted by Crippen LogP contribution is 2.45. The van der Waals surface area contributed by atoms with E-state index in [-0.39, 0.29) is 5.91 Å². The van der Waals surface area contributed by atoms with E-state index < -0.39 is 11.6 Å². The van der Waals surface area contributed by atoms with E-state index in [1.54, 1.807) is 12.3 Å². The molecule has 7 heteroatoms. The summed E-state index contributed by atoms with van der Waals surface area (Å²) in [5.41, 5.74) is 1.90. The highest BCUT2D eigenvalue weighted by molar-refractivity contribution is 7.14. The maximum absolute atomic E-state index is 12.6. The molecule has 0 aliphatic carbocycles. The van der Waals surface area contributed by atoms with E-state index >= 15 is 0 Å². The number of aromatic nitrogens is 1. The summed E-state index contributed by atoms with van der Waals surface area (Å²) in [6, 6.07) is 5.81. The molecule has 1 spiro atoms. The van der Waals surface area contributed by atoms with Crippen molar-refractivity contribution in [2.45, 2.75) is 50.5 Å². The Kier molecular flexibility index (Phi) is 5.96. The van der Waals surface area contributed by atoms with Crippen LogP contribution in [0.1, 0.15) is 57.8 Å². The molecule has 4 heterocycles. The summed E-state index contributed by atoms with van der Waals surface area (Å²) in [6.07, 6.45) is 9.27. The van der Waals surface area contributed by atoms with Crippen LogP contribution in [0.25, 0.3) is 0 Å². The number of pyridine rings is 1. The Morgan fingerprint density at radius 2 is 2.10 bits per heavy atom. The lowest BCUT2D eigenvalue weighted by Crippen LogP contribution is -2.47. The molecule has 0 saturated carbocycles. The normalized spacial score (nSPS) is 17.9. The monoisotopic (exact) mass is 414 g/mol. The third-order valence-electron chi connectivity index (χ3n) is 5.94. The Bertz CT molecular complexity index is 872. The van der Waals surface area contributed by atoms with Gasteiger partial charge < -0.3 is 14.7 Å². The van der Waals surface area contributed by atoms with Gasteiger partial charge in [0.05, 0.1) is 6.61 Å². The molecule has 0 unspecified atom stereocenters. The average molecular weight is 415 g/mol. The fraction of sp³-hybridized carbons (Fsp3) is 0.500. The minimum atomic E-state index is -0.876. The molecule has 2 aromatic heterocycles. The number of hydrogen-bond acceptors (Lipinski definition) is 5. The van der Waals surface area contributed by atoms with Crippen molar-refractivity contribution in [3.05, 3.63) is 51.5 Å². The quantitative estimate of drug-likeness (QED) is 0.730. The second-order valence-corrected chi connectivity index (χ2v) is 8.86. The molecule has 6 nitrogen and oxygen atoms in total. The van der Waals surface area contributed by atoms with Gasteiger partial charge in [0.1, 0.15) is 10.5 Å².